The summed E-state index contributed by atoms with van der Waals surface area (Å²) < 4.78 is 14.5. The molecule has 0 saturated heterocycles. The minimum atomic E-state index is -0.763. The Hall–Kier alpha value is -1.75. The zero-order valence-electron chi connectivity index (χ0n) is 10.4. The Kier molecular flexibility index (Phi) is 3.72. The smallest absolute Gasteiger partial charge is 0.141 e. The van der Waals surface area contributed by atoms with Crippen LogP contribution in [0.1, 0.15) is 37.4 Å². The van der Waals surface area contributed by atoms with Crippen LogP contribution in [0.4, 0.5) is 4.39 Å². The molecule has 2 rings (SSSR count). The van der Waals surface area contributed by atoms with Crippen molar-refractivity contribution in [3.8, 4) is 0 Å². The molecule has 18 heavy (non-hydrogen) atoms. The van der Waals surface area contributed by atoms with Crippen molar-refractivity contribution in [2.24, 2.45) is 0 Å². The lowest BCUT2D eigenvalue weighted by molar-refractivity contribution is 0.172. The normalized spacial score (nSPS) is 12.9. The van der Waals surface area contributed by atoms with E-state index in [1.807, 2.05) is 30.8 Å². The van der Waals surface area contributed by atoms with Crippen LogP contribution in [0.3, 0.4) is 0 Å². The molecule has 0 aromatic carbocycles. The summed E-state index contributed by atoms with van der Waals surface area (Å²) in [5, 5.41) is 14.3. The van der Waals surface area contributed by atoms with E-state index in [-0.39, 0.29) is 0 Å². The first-order valence-electron chi connectivity index (χ1n) is 5.90. The van der Waals surface area contributed by atoms with Crippen molar-refractivity contribution in [3.63, 3.8) is 0 Å². The van der Waals surface area contributed by atoms with Gasteiger partial charge in [-0.1, -0.05) is 0 Å². The Morgan fingerprint density at radius 3 is 2.67 bits per heavy atom. The first kappa shape index (κ1) is 12.7. The van der Waals surface area contributed by atoms with Crippen LogP contribution in [-0.2, 0) is 6.42 Å². The average Bonchev–Trinajstić information content (AvgIpc) is 2.78. The molecule has 0 spiro atoms. The maximum atomic E-state index is 12.7. The van der Waals surface area contributed by atoms with E-state index in [1.54, 1.807) is 0 Å². The van der Waals surface area contributed by atoms with Crippen molar-refractivity contribution in [2.75, 3.05) is 0 Å². The van der Waals surface area contributed by atoms with E-state index in [4.69, 9.17) is 0 Å². The number of aromatic nitrogens is 3. The van der Waals surface area contributed by atoms with Gasteiger partial charge >= 0.3 is 0 Å². The van der Waals surface area contributed by atoms with Gasteiger partial charge < -0.3 is 5.11 Å². The van der Waals surface area contributed by atoms with Crippen LogP contribution in [-0.4, -0.2) is 19.9 Å². The Balaban J connectivity index is 2.06. The second-order valence-electron chi connectivity index (χ2n) is 4.50. The quantitative estimate of drug-likeness (QED) is 0.904. The van der Waals surface area contributed by atoms with Crippen LogP contribution in [0.5, 0.6) is 0 Å². The molecule has 0 amide bonds. The molecule has 0 fully saturated rings. The third-order valence-corrected chi connectivity index (χ3v) is 2.69. The highest BCUT2D eigenvalue weighted by molar-refractivity contribution is 5.11. The van der Waals surface area contributed by atoms with Crippen LogP contribution < -0.4 is 0 Å². The second kappa shape index (κ2) is 5.27. The summed E-state index contributed by atoms with van der Waals surface area (Å²) in [6.07, 6.45) is 2.59. The molecular formula is C13H16FN3O. The van der Waals surface area contributed by atoms with Gasteiger partial charge in [0.15, 0.2) is 0 Å². The fourth-order valence-corrected chi connectivity index (χ4v) is 1.66. The number of halogens is 1. The molecule has 0 bridgehead atoms. The van der Waals surface area contributed by atoms with E-state index in [9.17, 15) is 9.50 Å². The number of rotatable bonds is 4. The number of hydrogen-bond acceptors (Lipinski definition) is 3. The molecule has 0 aliphatic heterocycles. The second-order valence-corrected chi connectivity index (χ2v) is 4.50. The summed E-state index contributed by atoms with van der Waals surface area (Å²) in [5.74, 6) is -0.407. The Labute approximate surface area is 105 Å². The minimum absolute atomic E-state index is 0.292. The van der Waals surface area contributed by atoms with Crippen LogP contribution >= 0.6 is 0 Å². The molecule has 96 valence electrons. The first-order valence-corrected chi connectivity index (χ1v) is 5.90. The molecule has 0 aliphatic carbocycles. The summed E-state index contributed by atoms with van der Waals surface area (Å²) in [7, 11) is 0. The summed E-state index contributed by atoms with van der Waals surface area (Å²) in [6, 6.07) is 4.93. The molecule has 0 aliphatic rings. The van der Waals surface area contributed by atoms with Gasteiger partial charge in [-0.3, -0.25) is 9.67 Å². The Morgan fingerprint density at radius 2 is 2.11 bits per heavy atom. The minimum Gasteiger partial charge on any atom is -0.386 e. The number of hydrogen-bond donors (Lipinski definition) is 1. The van der Waals surface area contributed by atoms with E-state index in [0.717, 1.165) is 11.9 Å². The lowest BCUT2D eigenvalue weighted by Gasteiger charge is -2.08. The monoisotopic (exact) mass is 249 g/mol. The predicted octanol–water partition coefficient (Wildman–Crippen LogP) is 2.27. The van der Waals surface area contributed by atoms with Gasteiger partial charge in [-0.15, -0.1) is 0 Å². The zero-order valence-corrected chi connectivity index (χ0v) is 10.4. The molecule has 2 heterocycles. The van der Waals surface area contributed by atoms with Gasteiger partial charge in [-0.25, -0.2) is 4.39 Å². The van der Waals surface area contributed by atoms with Gasteiger partial charge in [0.2, 0.25) is 0 Å². The van der Waals surface area contributed by atoms with Gasteiger partial charge in [0.1, 0.15) is 11.9 Å². The SMILES string of the molecule is CC(C)n1ccc(CC(O)c2ccc(F)cn2)n1. The van der Waals surface area contributed by atoms with Crippen molar-refractivity contribution in [2.45, 2.75) is 32.4 Å². The van der Waals surface area contributed by atoms with Gasteiger partial charge in [0, 0.05) is 18.7 Å². The molecule has 1 unspecified atom stereocenters. The molecule has 2 aromatic rings. The highest BCUT2D eigenvalue weighted by atomic mass is 19.1. The molecule has 1 N–H and O–H groups in total. The molecule has 1 atom stereocenters. The fourth-order valence-electron chi connectivity index (χ4n) is 1.66. The van der Waals surface area contributed by atoms with E-state index in [1.165, 1.54) is 12.1 Å². The fraction of sp³-hybridized carbons (Fsp3) is 0.385. The highest BCUT2D eigenvalue weighted by Gasteiger charge is 2.12. The van der Waals surface area contributed by atoms with Crippen LogP contribution in [0.2, 0.25) is 0 Å². The maximum absolute atomic E-state index is 12.7. The largest absolute Gasteiger partial charge is 0.386 e. The summed E-state index contributed by atoms with van der Waals surface area (Å²) in [5.41, 5.74) is 1.25. The van der Waals surface area contributed by atoms with Gasteiger partial charge in [0.25, 0.3) is 0 Å². The van der Waals surface area contributed by atoms with Gasteiger partial charge in [0.05, 0.1) is 17.6 Å². The number of pyridine rings is 1. The molecule has 4 nitrogen and oxygen atoms in total. The van der Waals surface area contributed by atoms with Crippen LogP contribution in [0.15, 0.2) is 30.6 Å². The van der Waals surface area contributed by atoms with Gasteiger partial charge in [-0.05, 0) is 32.0 Å². The topological polar surface area (TPSA) is 50.9 Å². The summed E-state index contributed by atoms with van der Waals surface area (Å²) >= 11 is 0. The van der Waals surface area contributed by atoms with Crippen LogP contribution in [0.25, 0.3) is 0 Å². The number of aliphatic hydroxyl groups excluding tert-OH is 1. The number of aliphatic hydroxyl groups is 1. The maximum Gasteiger partial charge on any atom is 0.141 e. The standard InChI is InChI=1S/C13H16FN3O/c1-9(2)17-6-5-11(16-17)7-13(18)12-4-3-10(14)8-15-12/h3-6,8-9,13,18H,7H2,1-2H3. The van der Waals surface area contributed by atoms with Crippen molar-refractivity contribution in [1.29, 1.82) is 0 Å². The molecule has 0 radical (unpaired) electrons. The molecular weight excluding hydrogens is 233 g/mol. The lowest BCUT2D eigenvalue weighted by Crippen LogP contribution is -2.06. The number of nitrogens with zero attached hydrogens (tertiary/aromatic N) is 3. The summed E-state index contributed by atoms with van der Waals surface area (Å²) in [4.78, 5) is 3.86. The van der Waals surface area contributed by atoms with E-state index in [2.05, 4.69) is 10.1 Å². The van der Waals surface area contributed by atoms with Crippen molar-refractivity contribution < 1.29 is 9.50 Å². The third kappa shape index (κ3) is 2.92. The zero-order chi connectivity index (χ0) is 13.1. The highest BCUT2D eigenvalue weighted by Crippen LogP contribution is 2.16. The Bertz CT molecular complexity index is 507. The molecule has 5 heteroatoms. The van der Waals surface area contributed by atoms with E-state index < -0.39 is 11.9 Å². The third-order valence-electron chi connectivity index (χ3n) is 2.69. The van der Waals surface area contributed by atoms with E-state index >= 15 is 0 Å². The summed E-state index contributed by atoms with van der Waals surface area (Å²) in [6.45, 7) is 4.07. The van der Waals surface area contributed by atoms with Crippen molar-refractivity contribution >= 4 is 0 Å². The average molecular weight is 249 g/mol. The Morgan fingerprint density at radius 1 is 1.33 bits per heavy atom. The predicted molar refractivity (Wildman–Crippen MR) is 65.5 cm³/mol. The molecule has 0 saturated carbocycles. The molecule has 2 aromatic heterocycles. The lowest BCUT2D eigenvalue weighted by atomic mass is 10.1. The van der Waals surface area contributed by atoms with Gasteiger partial charge in [-0.2, -0.15) is 5.10 Å². The first-order chi connectivity index (χ1) is 8.56. The van der Waals surface area contributed by atoms with Crippen molar-refractivity contribution in [1.82, 2.24) is 14.8 Å². The van der Waals surface area contributed by atoms with Crippen molar-refractivity contribution in [3.05, 3.63) is 47.8 Å². The van der Waals surface area contributed by atoms with Crippen LogP contribution in [0, 0.1) is 5.82 Å². The van der Waals surface area contributed by atoms with E-state index in [0.29, 0.717) is 18.2 Å².